The van der Waals surface area contributed by atoms with Gasteiger partial charge in [0, 0.05) is 17.6 Å². The van der Waals surface area contributed by atoms with Gasteiger partial charge in [-0.15, -0.1) is 0 Å². The Morgan fingerprint density at radius 3 is 2.85 bits per heavy atom. The van der Waals surface area contributed by atoms with Gasteiger partial charge in [0.05, 0.1) is 12.6 Å². The van der Waals surface area contributed by atoms with Crippen LogP contribution < -0.4 is 10.6 Å². The summed E-state index contributed by atoms with van der Waals surface area (Å²) >= 11 is 3.42. The number of nitrogens with zero attached hydrogens (tertiary/aromatic N) is 1. The average Bonchev–Trinajstić information content (AvgIpc) is 2.68. The molecule has 1 fully saturated rings. The zero-order valence-corrected chi connectivity index (χ0v) is 13.4. The van der Waals surface area contributed by atoms with Gasteiger partial charge in [0.2, 0.25) is 5.91 Å². The molecule has 1 aliphatic rings. The van der Waals surface area contributed by atoms with E-state index in [0.717, 1.165) is 42.6 Å². The van der Waals surface area contributed by atoms with E-state index in [1.165, 1.54) is 0 Å². The van der Waals surface area contributed by atoms with E-state index in [4.69, 9.17) is 0 Å². The highest BCUT2D eigenvalue weighted by Crippen LogP contribution is 2.16. The summed E-state index contributed by atoms with van der Waals surface area (Å²) in [6.45, 7) is 6.46. The number of nitrogens with one attached hydrogen (secondary N) is 2. The van der Waals surface area contributed by atoms with Crippen molar-refractivity contribution in [2.75, 3.05) is 32.7 Å². The number of halogens is 1. The van der Waals surface area contributed by atoms with Gasteiger partial charge in [-0.25, -0.2) is 0 Å². The van der Waals surface area contributed by atoms with Crippen molar-refractivity contribution in [2.45, 2.75) is 19.4 Å². The van der Waals surface area contributed by atoms with E-state index in [1.807, 2.05) is 31.2 Å². The van der Waals surface area contributed by atoms with E-state index in [-0.39, 0.29) is 11.9 Å². The molecule has 0 aromatic heterocycles. The van der Waals surface area contributed by atoms with Crippen molar-refractivity contribution in [3.8, 4) is 0 Å². The van der Waals surface area contributed by atoms with E-state index in [9.17, 15) is 4.79 Å². The molecular weight excluding hydrogens is 318 g/mol. The Morgan fingerprint density at radius 1 is 1.35 bits per heavy atom. The first-order valence-corrected chi connectivity index (χ1v) is 7.92. The maximum atomic E-state index is 12.1. The van der Waals surface area contributed by atoms with Gasteiger partial charge in [0.1, 0.15) is 0 Å². The van der Waals surface area contributed by atoms with Crippen LogP contribution >= 0.6 is 15.9 Å². The molecule has 1 heterocycles. The minimum atomic E-state index is 0.0423. The highest BCUT2D eigenvalue weighted by molar-refractivity contribution is 9.10. The fourth-order valence-electron chi connectivity index (χ4n) is 2.38. The predicted octanol–water partition coefficient (Wildman–Crippen LogP) is 1.92. The van der Waals surface area contributed by atoms with Gasteiger partial charge in [0.15, 0.2) is 0 Å². The van der Waals surface area contributed by atoms with Crippen molar-refractivity contribution in [2.24, 2.45) is 0 Å². The molecule has 0 unspecified atom stereocenters. The van der Waals surface area contributed by atoms with Gasteiger partial charge in [-0.2, -0.15) is 0 Å². The van der Waals surface area contributed by atoms with Gasteiger partial charge in [-0.1, -0.05) is 28.1 Å². The number of hydrogen-bond acceptors (Lipinski definition) is 3. The van der Waals surface area contributed by atoms with Gasteiger partial charge < -0.3 is 10.6 Å². The van der Waals surface area contributed by atoms with Gasteiger partial charge >= 0.3 is 0 Å². The second-order valence-electron chi connectivity index (χ2n) is 5.22. The van der Waals surface area contributed by atoms with Crippen molar-refractivity contribution in [1.82, 2.24) is 15.5 Å². The molecule has 4 nitrogen and oxygen atoms in total. The smallest absolute Gasteiger partial charge is 0.234 e. The van der Waals surface area contributed by atoms with Crippen molar-refractivity contribution in [1.29, 1.82) is 0 Å². The first-order valence-electron chi connectivity index (χ1n) is 7.13. The fourth-order valence-corrected chi connectivity index (χ4v) is 2.65. The number of benzene rings is 1. The summed E-state index contributed by atoms with van der Waals surface area (Å²) in [6.07, 6.45) is 1.11. The van der Waals surface area contributed by atoms with Crippen molar-refractivity contribution < 1.29 is 4.79 Å². The van der Waals surface area contributed by atoms with E-state index in [0.29, 0.717) is 6.54 Å². The Labute approximate surface area is 129 Å². The average molecular weight is 340 g/mol. The van der Waals surface area contributed by atoms with Crippen LogP contribution in [0.2, 0.25) is 0 Å². The van der Waals surface area contributed by atoms with Crippen LogP contribution in [-0.2, 0) is 4.79 Å². The Bertz CT molecular complexity index is 427. The molecule has 2 rings (SSSR count). The molecule has 0 spiro atoms. The van der Waals surface area contributed by atoms with E-state index < -0.39 is 0 Å². The SMILES string of the molecule is C[C@H](NC(=O)CN1CCCNCC1)c1ccc(Br)cc1. The van der Waals surface area contributed by atoms with Crippen LogP contribution in [0.15, 0.2) is 28.7 Å². The summed E-state index contributed by atoms with van der Waals surface area (Å²) < 4.78 is 1.05. The van der Waals surface area contributed by atoms with Gasteiger partial charge in [-0.3, -0.25) is 9.69 Å². The van der Waals surface area contributed by atoms with Crippen LogP contribution in [0.25, 0.3) is 0 Å². The molecule has 1 aromatic carbocycles. The zero-order valence-electron chi connectivity index (χ0n) is 11.9. The number of carbonyl (C=O) groups is 1. The number of amides is 1. The molecule has 1 atom stereocenters. The van der Waals surface area contributed by atoms with Gasteiger partial charge in [-0.05, 0) is 44.1 Å². The van der Waals surface area contributed by atoms with Crippen LogP contribution in [-0.4, -0.2) is 43.5 Å². The van der Waals surface area contributed by atoms with Crippen molar-refractivity contribution in [3.05, 3.63) is 34.3 Å². The Balaban J connectivity index is 1.82. The lowest BCUT2D eigenvalue weighted by Gasteiger charge is -2.21. The second-order valence-corrected chi connectivity index (χ2v) is 6.14. The van der Waals surface area contributed by atoms with Crippen LogP contribution in [0, 0.1) is 0 Å². The zero-order chi connectivity index (χ0) is 14.4. The lowest BCUT2D eigenvalue weighted by atomic mass is 10.1. The van der Waals surface area contributed by atoms with E-state index >= 15 is 0 Å². The largest absolute Gasteiger partial charge is 0.348 e. The summed E-state index contributed by atoms with van der Waals surface area (Å²) in [4.78, 5) is 14.3. The highest BCUT2D eigenvalue weighted by atomic mass is 79.9. The molecule has 0 aliphatic carbocycles. The highest BCUT2D eigenvalue weighted by Gasteiger charge is 2.14. The molecule has 5 heteroatoms. The van der Waals surface area contributed by atoms with Crippen molar-refractivity contribution in [3.63, 3.8) is 0 Å². The van der Waals surface area contributed by atoms with Crippen LogP contribution in [0.4, 0.5) is 0 Å². The number of carbonyl (C=O) groups excluding carboxylic acids is 1. The fraction of sp³-hybridized carbons (Fsp3) is 0.533. The molecule has 0 bridgehead atoms. The number of rotatable bonds is 4. The molecule has 1 saturated heterocycles. The molecule has 2 N–H and O–H groups in total. The molecule has 0 saturated carbocycles. The summed E-state index contributed by atoms with van der Waals surface area (Å²) in [7, 11) is 0. The third-order valence-electron chi connectivity index (χ3n) is 3.55. The third-order valence-corrected chi connectivity index (χ3v) is 4.08. The van der Waals surface area contributed by atoms with Gasteiger partial charge in [0.25, 0.3) is 0 Å². The first-order chi connectivity index (χ1) is 9.65. The summed E-state index contributed by atoms with van der Waals surface area (Å²) in [5.41, 5.74) is 1.12. The molecule has 1 aromatic rings. The molecular formula is C15H22BrN3O. The third kappa shape index (κ3) is 4.89. The second kappa shape index (κ2) is 7.76. The normalized spacial score (nSPS) is 18.3. The molecule has 110 valence electrons. The minimum Gasteiger partial charge on any atom is -0.348 e. The standard InChI is InChI=1S/C15H22BrN3O/c1-12(13-3-5-14(16)6-4-13)18-15(20)11-19-9-2-7-17-8-10-19/h3-6,12,17H,2,7-11H2,1H3,(H,18,20)/t12-/m0/s1. The summed E-state index contributed by atoms with van der Waals surface area (Å²) in [5, 5.41) is 6.41. The quantitative estimate of drug-likeness (QED) is 0.880. The Hall–Kier alpha value is -0.910. The lowest BCUT2D eigenvalue weighted by Crippen LogP contribution is -2.39. The maximum Gasteiger partial charge on any atom is 0.234 e. The molecule has 1 aliphatic heterocycles. The van der Waals surface area contributed by atoms with E-state index in [2.05, 4.69) is 31.5 Å². The Kier molecular flexibility index (Phi) is 6.01. The van der Waals surface area contributed by atoms with Crippen LogP contribution in [0.3, 0.4) is 0 Å². The summed E-state index contributed by atoms with van der Waals surface area (Å²) in [6, 6.07) is 8.10. The van der Waals surface area contributed by atoms with E-state index in [1.54, 1.807) is 0 Å². The molecule has 0 radical (unpaired) electrons. The maximum absolute atomic E-state index is 12.1. The predicted molar refractivity (Wildman–Crippen MR) is 84.6 cm³/mol. The molecule has 20 heavy (non-hydrogen) atoms. The van der Waals surface area contributed by atoms with Crippen LogP contribution in [0.5, 0.6) is 0 Å². The Morgan fingerprint density at radius 2 is 2.10 bits per heavy atom. The minimum absolute atomic E-state index is 0.0423. The molecule has 1 amide bonds. The lowest BCUT2D eigenvalue weighted by molar-refractivity contribution is -0.122. The van der Waals surface area contributed by atoms with Crippen LogP contribution in [0.1, 0.15) is 24.9 Å². The van der Waals surface area contributed by atoms with Crippen molar-refractivity contribution >= 4 is 21.8 Å². The topological polar surface area (TPSA) is 44.4 Å². The monoisotopic (exact) mass is 339 g/mol. The first kappa shape index (κ1) is 15.5. The number of hydrogen-bond donors (Lipinski definition) is 2. The summed E-state index contributed by atoms with van der Waals surface area (Å²) in [5.74, 6) is 0.0994.